The predicted octanol–water partition coefficient (Wildman–Crippen LogP) is 3.20. The monoisotopic (exact) mass is 267 g/mol. The number of nitrogens with two attached hydrogens (primary N) is 1. The highest BCUT2D eigenvalue weighted by Gasteiger charge is 2.34. The van der Waals surface area contributed by atoms with Crippen LogP contribution in [0, 0.1) is 0 Å². The quantitative estimate of drug-likeness (QED) is 0.736. The summed E-state index contributed by atoms with van der Waals surface area (Å²) in [5.41, 5.74) is 4.94. The van der Waals surface area contributed by atoms with Crippen LogP contribution < -0.4 is 5.73 Å². The van der Waals surface area contributed by atoms with Gasteiger partial charge in [0.2, 0.25) is 0 Å². The van der Waals surface area contributed by atoms with E-state index >= 15 is 0 Å². The second kappa shape index (κ2) is 3.78. The van der Waals surface area contributed by atoms with E-state index in [9.17, 15) is 13.2 Å². The highest BCUT2D eigenvalue weighted by Crippen LogP contribution is 2.35. The van der Waals surface area contributed by atoms with E-state index < -0.39 is 11.7 Å². The molecule has 0 bridgehead atoms. The number of nitrogen functional groups attached to an aromatic ring is 1. The summed E-state index contributed by atoms with van der Waals surface area (Å²) in [6.07, 6.45) is -1.65. The molecule has 0 saturated heterocycles. The van der Waals surface area contributed by atoms with Gasteiger partial charge in [0.05, 0.1) is 11.8 Å². The average Bonchev–Trinajstić information content (AvgIpc) is 2.96. The number of aromatic nitrogens is 2. The van der Waals surface area contributed by atoms with Crippen molar-refractivity contribution in [1.82, 2.24) is 9.38 Å². The topological polar surface area (TPSA) is 56.5 Å². The molecule has 0 aliphatic rings. The molecule has 0 aromatic carbocycles. The minimum absolute atomic E-state index is 0.107. The summed E-state index contributed by atoms with van der Waals surface area (Å²) in [5, 5.41) is 0. The highest BCUT2D eigenvalue weighted by atomic mass is 19.4. The Morgan fingerprint density at radius 1 is 1.21 bits per heavy atom. The van der Waals surface area contributed by atoms with Crippen LogP contribution in [0.2, 0.25) is 0 Å². The molecule has 0 fully saturated rings. The third-order valence-electron chi connectivity index (χ3n) is 2.75. The van der Waals surface area contributed by atoms with Gasteiger partial charge >= 0.3 is 6.18 Å². The number of fused-ring (bicyclic) bond motifs is 1. The Morgan fingerprint density at radius 3 is 2.63 bits per heavy atom. The van der Waals surface area contributed by atoms with Gasteiger partial charge in [-0.15, -0.1) is 0 Å². The fraction of sp³-hybridized carbons (Fsp3) is 0.0833. The molecule has 0 atom stereocenters. The number of pyridine rings is 1. The minimum Gasteiger partial charge on any atom is -0.463 e. The van der Waals surface area contributed by atoms with Crippen molar-refractivity contribution in [3.63, 3.8) is 0 Å². The van der Waals surface area contributed by atoms with Gasteiger partial charge in [-0.3, -0.25) is 4.40 Å². The Kier molecular flexibility index (Phi) is 2.31. The lowest BCUT2D eigenvalue weighted by atomic mass is 10.2. The standard InChI is InChI=1S/C12H8F3N3O/c13-12(14,15)7-3-1-5-18-10(16)9(17-11(7)18)8-4-2-6-19-8/h1-6H,16H2. The molecule has 3 heterocycles. The molecule has 4 nitrogen and oxygen atoms in total. The lowest BCUT2D eigenvalue weighted by Crippen LogP contribution is -2.07. The smallest absolute Gasteiger partial charge is 0.419 e. The van der Waals surface area contributed by atoms with Gasteiger partial charge in [-0.2, -0.15) is 13.2 Å². The van der Waals surface area contributed by atoms with Crippen molar-refractivity contribution < 1.29 is 17.6 Å². The van der Waals surface area contributed by atoms with Gasteiger partial charge in [-0.1, -0.05) is 0 Å². The van der Waals surface area contributed by atoms with Crippen LogP contribution >= 0.6 is 0 Å². The third-order valence-corrected chi connectivity index (χ3v) is 2.75. The largest absolute Gasteiger partial charge is 0.463 e. The molecule has 0 amide bonds. The van der Waals surface area contributed by atoms with Crippen LogP contribution in [0.4, 0.5) is 19.0 Å². The molecule has 19 heavy (non-hydrogen) atoms. The van der Waals surface area contributed by atoms with Crippen molar-refractivity contribution in [2.75, 3.05) is 5.73 Å². The van der Waals surface area contributed by atoms with Crippen molar-refractivity contribution in [1.29, 1.82) is 0 Å². The summed E-state index contributed by atoms with van der Waals surface area (Å²) < 4.78 is 45.0. The number of alkyl halides is 3. The number of furan rings is 1. The summed E-state index contributed by atoms with van der Waals surface area (Å²) in [7, 11) is 0. The number of halogens is 3. The zero-order valence-electron chi connectivity index (χ0n) is 9.48. The highest BCUT2D eigenvalue weighted by molar-refractivity contribution is 5.73. The zero-order chi connectivity index (χ0) is 13.6. The van der Waals surface area contributed by atoms with Crippen LogP contribution in [0.15, 0.2) is 41.1 Å². The van der Waals surface area contributed by atoms with Crippen molar-refractivity contribution >= 4 is 11.5 Å². The SMILES string of the molecule is Nc1c(-c2ccco2)nc2c(C(F)(F)F)cccn12. The van der Waals surface area contributed by atoms with Crippen molar-refractivity contribution in [3.05, 3.63) is 42.3 Å². The fourth-order valence-corrected chi connectivity index (χ4v) is 1.90. The Labute approximate surface area is 105 Å². The van der Waals surface area contributed by atoms with Crippen LogP contribution in [0.5, 0.6) is 0 Å². The van der Waals surface area contributed by atoms with Crippen LogP contribution in [-0.2, 0) is 6.18 Å². The van der Waals surface area contributed by atoms with E-state index in [0.29, 0.717) is 5.76 Å². The normalized spacial score (nSPS) is 12.2. The van der Waals surface area contributed by atoms with Gasteiger partial charge in [0, 0.05) is 6.20 Å². The number of rotatable bonds is 1. The van der Waals surface area contributed by atoms with Crippen molar-refractivity contribution in [2.24, 2.45) is 0 Å². The second-order valence-electron chi connectivity index (χ2n) is 3.94. The van der Waals surface area contributed by atoms with Gasteiger partial charge < -0.3 is 10.2 Å². The van der Waals surface area contributed by atoms with E-state index in [1.807, 2.05) is 0 Å². The van der Waals surface area contributed by atoms with Crippen LogP contribution in [0.1, 0.15) is 5.56 Å². The summed E-state index contributed by atoms with van der Waals surface area (Å²) in [6.45, 7) is 0. The first kappa shape index (κ1) is 11.6. The van der Waals surface area contributed by atoms with Gasteiger partial charge in [-0.05, 0) is 24.3 Å². The predicted molar refractivity (Wildman–Crippen MR) is 62.3 cm³/mol. The Morgan fingerprint density at radius 2 is 2.00 bits per heavy atom. The third kappa shape index (κ3) is 1.74. The number of anilines is 1. The van der Waals surface area contributed by atoms with Crippen LogP contribution in [-0.4, -0.2) is 9.38 Å². The molecule has 0 unspecified atom stereocenters. The van der Waals surface area contributed by atoms with Gasteiger partial charge in [0.1, 0.15) is 11.5 Å². The number of hydrogen-bond acceptors (Lipinski definition) is 3. The number of imidazole rings is 1. The number of hydrogen-bond donors (Lipinski definition) is 1. The van der Waals surface area contributed by atoms with E-state index in [2.05, 4.69) is 4.98 Å². The van der Waals surface area contributed by atoms with Crippen LogP contribution in [0.3, 0.4) is 0 Å². The Hall–Kier alpha value is -2.44. The molecule has 0 radical (unpaired) electrons. The van der Waals surface area contributed by atoms with Gasteiger partial charge in [0.15, 0.2) is 11.4 Å². The molecular weight excluding hydrogens is 259 g/mol. The minimum atomic E-state index is -4.49. The van der Waals surface area contributed by atoms with E-state index in [1.165, 1.54) is 22.9 Å². The maximum atomic E-state index is 12.9. The summed E-state index contributed by atoms with van der Waals surface area (Å²) in [4.78, 5) is 3.95. The molecule has 3 rings (SSSR count). The summed E-state index contributed by atoms with van der Waals surface area (Å²) in [5.74, 6) is 0.436. The summed E-state index contributed by atoms with van der Waals surface area (Å²) in [6, 6.07) is 5.45. The van der Waals surface area contributed by atoms with Crippen molar-refractivity contribution in [3.8, 4) is 11.5 Å². The first-order valence-electron chi connectivity index (χ1n) is 5.36. The van der Waals surface area contributed by atoms with E-state index in [-0.39, 0.29) is 17.2 Å². The molecule has 98 valence electrons. The van der Waals surface area contributed by atoms with E-state index in [0.717, 1.165) is 6.07 Å². The molecular formula is C12H8F3N3O. The number of nitrogens with zero attached hydrogens (tertiary/aromatic N) is 2. The molecule has 2 N–H and O–H groups in total. The van der Waals surface area contributed by atoms with Gasteiger partial charge in [-0.25, -0.2) is 4.98 Å². The lowest BCUT2D eigenvalue weighted by Gasteiger charge is -2.07. The molecule has 3 aromatic heterocycles. The maximum Gasteiger partial charge on any atom is 0.419 e. The molecule has 0 saturated carbocycles. The van der Waals surface area contributed by atoms with Crippen molar-refractivity contribution in [2.45, 2.75) is 6.18 Å². The first-order chi connectivity index (χ1) is 8.98. The maximum absolute atomic E-state index is 12.9. The Balaban J connectivity index is 2.32. The first-order valence-corrected chi connectivity index (χ1v) is 5.36. The zero-order valence-corrected chi connectivity index (χ0v) is 9.48. The average molecular weight is 267 g/mol. The molecule has 3 aromatic rings. The summed E-state index contributed by atoms with van der Waals surface area (Å²) >= 11 is 0. The molecule has 0 aliphatic carbocycles. The van der Waals surface area contributed by atoms with Gasteiger partial charge in [0.25, 0.3) is 0 Å². The Bertz CT molecular complexity index is 729. The molecule has 7 heteroatoms. The lowest BCUT2D eigenvalue weighted by molar-refractivity contribution is -0.136. The van der Waals surface area contributed by atoms with E-state index in [1.54, 1.807) is 12.1 Å². The molecule has 0 aliphatic heterocycles. The fourth-order valence-electron chi connectivity index (χ4n) is 1.90. The molecule has 0 spiro atoms. The van der Waals surface area contributed by atoms with E-state index in [4.69, 9.17) is 10.2 Å². The second-order valence-corrected chi connectivity index (χ2v) is 3.94. The van der Waals surface area contributed by atoms with Crippen LogP contribution in [0.25, 0.3) is 17.1 Å².